The fourth-order valence-electron chi connectivity index (χ4n) is 2.87. The first-order valence-corrected chi connectivity index (χ1v) is 9.60. The molecule has 0 radical (unpaired) electrons. The van der Waals surface area contributed by atoms with Gasteiger partial charge in [-0.05, 0) is 48.9 Å². The Morgan fingerprint density at radius 1 is 1.00 bits per heavy atom. The van der Waals surface area contributed by atoms with Gasteiger partial charge in [-0.3, -0.25) is 9.55 Å². The van der Waals surface area contributed by atoms with Gasteiger partial charge in [0.1, 0.15) is 11.6 Å². The highest BCUT2D eigenvalue weighted by Crippen LogP contribution is 2.31. The molecule has 0 fully saturated rings. The van der Waals surface area contributed by atoms with E-state index in [1.54, 1.807) is 12.4 Å². The van der Waals surface area contributed by atoms with Crippen molar-refractivity contribution in [2.24, 2.45) is 0 Å². The van der Waals surface area contributed by atoms with Crippen molar-refractivity contribution in [2.45, 2.75) is 17.8 Å². The van der Waals surface area contributed by atoms with Crippen LogP contribution < -0.4 is 0 Å². The van der Waals surface area contributed by atoms with Crippen molar-refractivity contribution in [3.8, 4) is 17.1 Å². The molecule has 2 aromatic heterocycles. The molecule has 2 heterocycles. The lowest BCUT2D eigenvalue weighted by molar-refractivity contribution is 0.591. The van der Waals surface area contributed by atoms with E-state index < -0.39 is 11.6 Å². The lowest BCUT2D eigenvalue weighted by Gasteiger charge is -2.13. The van der Waals surface area contributed by atoms with Crippen LogP contribution in [0.4, 0.5) is 8.78 Å². The predicted molar refractivity (Wildman–Crippen MR) is 105 cm³/mol. The van der Waals surface area contributed by atoms with Gasteiger partial charge in [0.05, 0.1) is 5.69 Å². The van der Waals surface area contributed by atoms with Crippen LogP contribution in [0, 0.1) is 18.6 Å². The van der Waals surface area contributed by atoms with Crippen molar-refractivity contribution in [2.75, 3.05) is 0 Å². The van der Waals surface area contributed by atoms with Crippen LogP contribution >= 0.6 is 11.8 Å². The van der Waals surface area contributed by atoms with Crippen LogP contribution in [0.15, 0.2) is 72.1 Å². The van der Waals surface area contributed by atoms with Gasteiger partial charge in [-0.15, -0.1) is 10.2 Å². The fraction of sp³-hybridized carbons (Fsp3) is 0.0952. The van der Waals surface area contributed by atoms with Gasteiger partial charge >= 0.3 is 0 Å². The van der Waals surface area contributed by atoms with Crippen molar-refractivity contribution in [1.29, 1.82) is 0 Å². The van der Waals surface area contributed by atoms with Gasteiger partial charge in [0, 0.05) is 29.3 Å². The van der Waals surface area contributed by atoms with Crippen molar-refractivity contribution < 1.29 is 8.78 Å². The molecule has 140 valence electrons. The standard InChI is InChI=1S/C21H16F2N4S/c1-14-5-2-3-7-19(14)27-20(15-6-4-10-24-12-15)25-26-21(27)28-13-16-11-17(22)8-9-18(16)23/h2-12H,13H2,1H3. The molecule has 0 amide bonds. The van der Waals surface area contributed by atoms with Crippen LogP contribution in [-0.4, -0.2) is 19.7 Å². The van der Waals surface area contributed by atoms with Crippen LogP contribution in [0.5, 0.6) is 0 Å². The number of hydrogen-bond acceptors (Lipinski definition) is 4. The second-order valence-electron chi connectivity index (χ2n) is 6.19. The van der Waals surface area contributed by atoms with E-state index >= 15 is 0 Å². The minimum Gasteiger partial charge on any atom is -0.270 e. The monoisotopic (exact) mass is 394 g/mol. The molecular weight excluding hydrogens is 378 g/mol. The maximum absolute atomic E-state index is 14.0. The summed E-state index contributed by atoms with van der Waals surface area (Å²) in [6, 6.07) is 15.1. The summed E-state index contributed by atoms with van der Waals surface area (Å²) in [4.78, 5) is 4.16. The molecule has 0 aliphatic rings. The Morgan fingerprint density at radius 2 is 1.86 bits per heavy atom. The normalized spacial score (nSPS) is 11.0. The van der Waals surface area contributed by atoms with Crippen molar-refractivity contribution in [3.05, 3.63) is 89.8 Å². The van der Waals surface area contributed by atoms with Crippen molar-refractivity contribution >= 4 is 11.8 Å². The summed E-state index contributed by atoms with van der Waals surface area (Å²) in [7, 11) is 0. The Balaban J connectivity index is 1.76. The summed E-state index contributed by atoms with van der Waals surface area (Å²) < 4.78 is 29.4. The molecular formula is C21H16F2N4S. The summed E-state index contributed by atoms with van der Waals surface area (Å²) in [6.07, 6.45) is 3.42. The molecule has 0 spiro atoms. The Labute approximate surface area is 165 Å². The third-order valence-electron chi connectivity index (χ3n) is 4.27. The second-order valence-corrected chi connectivity index (χ2v) is 7.14. The molecule has 0 N–H and O–H groups in total. The minimum absolute atomic E-state index is 0.237. The Kier molecular flexibility index (Phi) is 5.16. The van der Waals surface area contributed by atoms with Crippen LogP contribution in [-0.2, 0) is 5.75 Å². The van der Waals surface area contributed by atoms with Gasteiger partial charge in [0.2, 0.25) is 0 Å². The van der Waals surface area contributed by atoms with E-state index in [9.17, 15) is 8.78 Å². The van der Waals surface area contributed by atoms with Gasteiger partial charge in [-0.1, -0.05) is 30.0 Å². The largest absolute Gasteiger partial charge is 0.270 e. The van der Waals surface area contributed by atoms with E-state index in [4.69, 9.17) is 0 Å². The average molecular weight is 394 g/mol. The summed E-state index contributed by atoms with van der Waals surface area (Å²) in [5.41, 5.74) is 3.08. The van der Waals surface area contributed by atoms with Crippen LogP contribution in [0.3, 0.4) is 0 Å². The third kappa shape index (κ3) is 3.66. The number of aromatic nitrogens is 4. The highest BCUT2D eigenvalue weighted by Gasteiger charge is 2.18. The lowest BCUT2D eigenvalue weighted by atomic mass is 10.2. The van der Waals surface area contributed by atoms with Crippen molar-refractivity contribution in [1.82, 2.24) is 19.7 Å². The SMILES string of the molecule is Cc1ccccc1-n1c(SCc2cc(F)ccc2F)nnc1-c1cccnc1. The summed E-state index contributed by atoms with van der Waals surface area (Å²) in [5, 5.41) is 9.24. The Bertz CT molecular complexity index is 1110. The summed E-state index contributed by atoms with van der Waals surface area (Å²) >= 11 is 1.30. The molecule has 0 aliphatic carbocycles. The molecule has 0 atom stereocenters. The molecule has 0 bridgehead atoms. The first kappa shape index (κ1) is 18.3. The number of rotatable bonds is 5. The predicted octanol–water partition coefficient (Wildman–Crippen LogP) is 5.21. The van der Waals surface area contributed by atoms with Crippen molar-refractivity contribution in [3.63, 3.8) is 0 Å². The Morgan fingerprint density at radius 3 is 2.64 bits per heavy atom. The van der Waals surface area contributed by atoms with E-state index in [1.807, 2.05) is 47.9 Å². The first-order valence-electron chi connectivity index (χ1n) is 8.62. The maximum atomic E-state index is 14.0. The number of thioether (sulfide) groups is 1. The number of aryl methyl sites for hydroxylation is 1. The molecule has 2 aromatic carbocycles. The number of hydrogen-bond donors (Lipinski definition) is 0. The molecule has 7 heteroatoms. The molecule has 0 unspecified atom stereocenters. The first-order chi connectivity index (χ1) is 13.6. The van der Waals surface area contributed by atoms with Gasteiger partial charge in [0.15, 0.2) is 11.0 Å². The fourth-order valence-corrected chi connectivity index (χ4v) is 3.79. The van der Waals surface area contributed by atoms with Gasteiger partial charge in [-0.2, -0.15) is 0 Å². The maximum Gasteiger partial charge on any atom is 0.196 e. The molecule has 4 nitrogen and oxygen atoms in total. The summed E-state index contributed by atoms with van der Waals surface area (Å²) in [6.45, 7) is 2.00. The minimum atomic E-state index is -0.464. The van der Waals surface area contributed by atoms with Gasteiger partial charge < -0.3 is 0 Å². The average Bonchev–Trinajstić information content (AvgIpc) is 3.13. The number of para-hydroxylation sites is 1. The van der Waals surface area contributed by atoms with Crippen LogP contribution in [0.1, 0.15) is 11.1 Å². The second kappa shape index (κ2) is 7.90. The highest BCUT2D eigenvalue weighted by atomic mass is 32.2. The van der Waals surface area contributed by atoms with E-state index in [1.165, 1.54) is 17.8 Å². The van der Waals surface area contributed by atoms with E-state index in [2.05, 4.69) is 15.2 Å². The Hall–Kier alpha value is -3.06. The number of pyridine rings is 1. The van der Waals surface area contributed by atoms with E-state index in [0.717, 1.165) is 28.9 Å². The quantitative estimate of drug-likeness (QED) is 0.436. The van der Waals surface area contributed by atoms with Gasteiger partial charge in [-0.25, -0.2) is 8.78 Å². The van der Waals surface area contributed by atoms with Gasteiger partial charge in [0.25, 0.3) is 0 Å². The molecule has 0 saturated heterocycles. The molecule has 0 aliphatic heterocycles. The zero-order valence-corrected chi connectivity index (χ0v) is 15.8. The number of benzene rings is 2. The topological polar surface area (TPSA) is 43.6 Å². The van der Waals surface area contributed by atoms with Crippen LogP contribution in [0.25, 0.3) is 17.1 Å². The van der Waals surface area contributed by atoms with Crippen LogP contribution in [0.2, 0.25) is 0 Å². The number of halogens is 2. The molecule has 28 heavy (non-hydrogen) atoms. The lowest BCUT2D eigenvalue weighted by Crippen LogP contribution is -2.02. The third-order valence-corrected chi connectivity index (χ3v) is 5.25. The molecule has 4 rings (SSSR count). The zero-order chi connectivity index (χ0) is 19.5. The smallest absolute Gasteiger partial charge is 0.196 e. The molecule has 4 aromatic rings. The molecule has 0 saturated carbocycles. The van der Waals surface area contributed by atoms with E-state index in [-0.39, 0.29) is 11.3 Å². The van der Waals surface area contributed by atoms with E-state index in [0.29, 0.717) is 11.0 Å². The zero-order valence-electron chi connectivity index (χ0n) is 15.0. The summed E-state index contributed by atoms with van der Waals surface area (Å²) in [5.74, 6) is -0.0259. The highest BCUT2D eigenvalue weighted by molar-refractivity contribution is 7.98. The number of nitrogens with zero attached hydrogens (tertiary/aromatic N) is 4.